The molecule has 0 radical (unpaired) electrons. The number of rotatable bonds is 1. The number of amides is 1. The van der Waals surface area contributed by atoms with Crippen LogP contribution in [0.1, 0.15) is 36.2 Å². The summed E-state index contributed by atoms with van der Waals surface area (Å²) in [4.78, 5) is 11.0. The van der Waals surface area contributed by atoms with Gasteiger partial charge in [-0.2, -0.15) is 0 Å². The van der Waals surface area contributed by atoms with Gasteiger partial charge in [-0.3, -0.25) is 4.79 Å². The van der Waals surface area contributed by atoms with Gasteiger partial charge < -0.3 is 11.1 Å². The molecule has 0 saturated heterocycles. The Hall–Kier alpha value is -1.51. The van der Waals surface area contributed by atoms with Crippen molar-refractivity contribution in [1.82, 2.24) is 0 Å². The highest BCUT2D eigenvalue weighted by Crippen LogP contribution is 2.30. The van der Waals surface area contributed by atoms with Crippen LogP contribution in [0.5, 0.6) is 0 Å². The van der Waals surface area contributed by atoms with Crippen LogP contribution in [0.15, 0.2) is 18.2 Å². The SMILES string of the molecule is CC1(C)CCc2cc(C(N)=O)ccc2N1. The molecule has 1 amide bonds. The third-order valence-corrected chi connectivity index (χ3v) is 2.88. The number of aryl methyl sites for hydroxylation is 1. The van der Waals surface area contributed by atoms with E-state index in [2.05, 4.69) is 19.2 Å². The quantitative estimate of drug-likeness (QED) is 0.734. The Bertz CT molecular complexity index is 410. The molecule has 80 valence electrons. The maximum Gasteiger partial charge on any atom is 0.248 e. The molecule has 0 atom stereocenters. The van der Waals surface area contributed by atoms with Gasteiger partial charge in [0.05, 0.1) is 0 Å². The van der Waals surface area contributed by atoms with Crippen LogP contribution in [0.25, 0.3) is 0 Å². The fraction of sp³-hybridized carbons (Fsp3) is 0.417. The number of nitrogens with one attached hydrogen (secondary N) is 1. The summed E-state index contributed by atoms with van der Waals surface area (Å²) in [5, 5.41) is 3.45. The standard InChI is InChI=1S/C12H16N2O/c1-12(2)6-5-8-7-9(11(13)15)3-4-10(8)14-12/h3-4,7,14H,5-6H2,1-2H3,(H2,13,15). The summed E-state index contributed by atoms with van der Waals surface area (Å²) in [5.74, 6) is -0.359. The summed E-state index contributed by atoms with van der Waals surface area (Å²) in [7, 11) is 0. The molecule has 0 aromatic heterocycles. The average Bonchev–Trinajstić information content (AvgIpc) is 2.15. The van der Waals surface area contributed by atoms with Crippen molar-refractivity contribution in [2.24, 2.45) is 5.73 Å². The van der Waals surface area contributed by atoms with Gasteiger partial charge in [-0.25, -0.2) is 0 Å². The van der Waals surface area contributed by atoms with Crippen molar-refractivity contribution in [1.29, 1.82) is 0 Å². The number of nitrogens with two attached hydrogens (primary N) is 1. The summed E-state index contributed by atoms with van der Waals surface area (Å²) in [6.45, 7) is 4.36. The summed E-state index contributed by atoms with van der Waals surface area (Å²) in [6, 6.07) is 5.60. The van der Waals surface area contributed by atoms with Gasteiger partial charge in [0.2, 0.25) is 5.91 Å². The molecule has 0 aliphatic carbocycles. The highest BCUT2D eigenvalue weighted by molar-refractivity contribution is 5.93. The summed E-state index contributed by atoms with van der Waals surface area (Å²) in [5.41, 5.74) is 8.28. The molecule has 1 aliphatic rings. The van der Waals surface area contributed by atoms with Crippen LogP contribution in [0.3, 0.4) is 0 Å². The van der Waals surface area contributed by atoms with E-state index in [1.165, 1.54) is 5.56 Å². The Balaban J connectivity index is 2.36. The maximum atomic E-state index is 11.0. The van der Waals surface area contributed by atoms with Gasteiger partial charge in [-0.05, 0) is 50.5 Å². The molecule has 0 bridgehead atoms. The molecule has 3 nitrogen and oxygen atoms in total. The number of benzene rings is 1. The molecular weight excluding hydrogens is 188 g/mol. The third kappa shape index (κ3) is 1.96. The number of carbonyl (C=O) groups excluding carboxylic acids is 1. The van der Waals surface area contributed by atoms with Crippen LogP contribution >= 0.6 is 0 Å². The van der Waals surface area contributed by atoms with Gasteiger partial charge in [0.25, 0.3) is 0 Å². The molecule has 15 heavy (non-hydrogen) atoms. The van der Waals surface area contributed by atoms with Crippen molar-refractivity contribution in [2.75, 3.05) is 5.32 Å². The normalized spacial score (nSPS) is 17.7. The maximum absolute atomic E-state index is 11.0. The first-order valence-electron chi connectivity index (χ1n) is 5.19. The second-order valence-electron chi connectivity index (χ2n) is 4.75. The molecule has 1 aliphatic heterocycles. The number of anilines is 1. The molecule has 3 N–H and O–H groups in total. The summed E-state index contributed by atoms with van der Waals surface area (Å²) >= 11 is 0. The van der Waals surface area contributed by atoms with Gasteiger partial charge in [0.1, 0.15) is 0 Å². The lowest BCUT2D eigenvalue weighted by Crippen LogP contribution is -2.35. The molecule has 0 saturated carbocycles. The first kappa shape index (κ1) is 10.0. The van der Waals surface area contributed by atoms with E-state index in [4.69, 9.17) is 5.73 Å². The topological polar surface area (TPSA) is 55.1 Å². The molecular formula is C12H16N2O. The van der Waals surface area contributed by atoms with E-state index in [1.807, 2.05) is 12.1 Å². The van der Waals surface area contributed by atoms with Gasteiger partial charge in [-0.15, -0.1) is 0 Å². The summed E-state index contributed by atoms with van der Waals surface area (Å²) in [6.07, 6.45) is 2.07. The van der Waals surface area contributed by atoms with Gasteiger partial charge in [0.15, 0.2) is 0 Å². The molecule has 1 heterocycles. The van der Waals surface area contributed by atoms with Crippen LogP contribution in [-0.4, -0.2) is 11.4 Å². The predicted octanol–water partition coefficient (Wildman–Crippen LogP) is 1.92. The number of carbonyl (C=O) groups is 1. The van der Waals surface area contributed by atoms with E-state index in [1.54, 1.807) is 6.07 Å². The Morgan fingerprint density at radius 2 is 2.20 bits per heavy atom. The van der Waals surface area contributed by atoms with E-state index in [9.17, 15) is 4.79 Å². The predicted molar refractivity (Wildman–Crippen MR) is 61.0 cm³/mol. The second kappa shape index (κ2) is 3.26. The molecule has 1 aromatic carbocycles. The van der Waals surface area contributed by atoms with E-state index >= 15 is 0 Å². The minimum atomic E-state index is -0.359. The molecule has 1 aromatic rings. The van der Waals surface area contributed by atoms with Crippen molar-refractivity contribution < 1.29 is 4.79 Å². The number of hydrogen-bond acceptors (Lipinski definition) is 2. The van der Waals surface area contributed by atoms with E-state index in [-0.39, 0.29) is 11.4 Å². The Morgan fingerprint density at radius 1 is 1.47 bits per heavy atom. The van der Waals surface area contributed by atoms with Crippen molar-refractivity contribution >= 4 is 11.6 Å². The lowest BCUT2D eigenvalue weighted by molar-refractivity contribution is 0.1000. The monoisotopic (exact) mass is 204 g/mol. The molecule has 2 rings (SSSR count). The van der Waals surface area contributed by atoms with Crippen molar-refractivity contribution in [3.63, 3.8) is 0 Å². The van der Waals surface area contributed by atoms with Crippen LogP contribution in [0.2, 0.25) is 0 Å². The number of hydrogen-bond donors (Lipinski definition) is 2. The molecule has 3 heteroatoms. The number of primary amides is 1. The minimum absolute atomic E-state index is 0.140. The van der Waals surface area contributed by atoms with Gasteiger partial charge in [0, 0.05) is 16.8 Å². The Kier molecular flexibility index (Phi) is 2.18. The fourth-order valence-electron chi connectivity index (χ4n) is 1.95. The lowest BCUT2D eigenvalue weighted by Gasteiger charge is -2.33. The first-order chi connectivity index (χ1) is 6.98. The highest BCUT2D eigenvalue weighted by Gasteiger charge is 2.24. The van der Waals surface area contributed by atoms with Crippen molar-refractivity contribution in [3.8, 4) is 0 Å². The van der Waals surface area contributed by atoms with E-state index in [0.29, 0.717) is 5.56 Å². The lowest BCUT2D eigenvalue weighted by atomic mass is 9.89. The van der Waals surface area contributed by atoms with Crippen molar-refractivity contribution in [3.05, 3.63) is 29.3 Å². The fourth-order valence-corrected chi connectivity index (χ4v) is 1.95. The van der Waals surface area contributed by atoms with Crippen LogP contribution < -0.4 is 11.1 Å². The van der Waals surface area contributed by atoms with E-state index in [0.717, 1.165) is 18.5 Å². The first-order valence-corrected chi connectivity index (χ1v) is 5.19. The van der Waals surface area contributed by atoms with Crippen molar-refractivity contribution in [2.45, 2.75) is 32.2 Å². The largest absolute Gasteiger partial charge is 0.380 e. The summed E-state index contributed by atoms with van der Waals surface area (Å²) < 4.78 is 0. The van der Waals surface area contributed by atoms with E-state index < -0.39 is 0 Å². The molecule has 0 fully saturated rings. The van der Waals surface area contributed by atoms with Crippen LogP contribution in [-0.2, 0) is 6.42 Å². The second-order valence-corrected chi connectivity index (χ2v) is 4.75. The smallest absolute Gasteiger partial charge is 0.248 e. The van der Waals surface area contributed by atoms with Crippen LogP contribution in [0.4, 0.5) is 5.69 Å². The zero-order valence-electron chi connectivity index (χ0n) is 9.13. The molecule has 0 unspecified atom stereocenters. The van der Waals surface area contributed by atoms with Gasteiger partial charge >= 0.3 is 0 Å². The van der Waals surface area contributed by atoms with Gasteiger partial charge in [-0.1, -0.05) is 0 Å². The zero-order chi connectivity index (χ0) is 11.1. The zero-order valence-corrected chi connectivity index (χ0v) is 9.13. The Morgan fingerprint density at radius 3 is 2.87 bits per heavy atom. The molecule has 0 spiro atoms. The average molecular weight is 204 g/mol. The highest BCUT2D eigenvalue weighted by atomic mass is 16.1. The number of fused-ring (bicyclic) bond motifs is 1. The minimum Gasteiger partial charge on any atom is -0.380 e. The Labute approximate surface area is 89.7 Å². The van der Waals surface area contributed by atoms with Crippen LogP contribution in [0, 0.1) is 0 Å². The third-order valence-electron chi connectivity index (χ3n) is 2.88.